The van der Waals surface area contributed by atoms with Crippen LogP contribution in [0.25, 0.3) is 0 Å². The SMILES string of the molecule is COCC1(CN2CC3(COC3)C2)CC1. The van der Waals surface area contributed by atoms with E-state index in [0.717, 1.165) is 19.8 Å². The molecule has 0 unspecified atom stereocenters. The summed E-state index contributed by atoms with van der Waals surface area (Å²) in [5.41, 5.74) is 1.10. The average molecular weight is 197 g/mol. The summed E-state index contributed by atoms with van der Waals surface area (Å²) < 4.78 is 10.5. The van der Waals surface area contributed by atoms with E-state index in [2.05, 4.69) is 4.90 Å². The number of hydrogen-bond acceptors (Lipinski definition) is 3. The molecule has 0 N–H and O–H groups in total. The Kier molecular flexibility index (Phi) is 1.92. The third kappa shape index (κ3) is 1.38. The highest BCUT2D eigenvalue weighted by atomic mass is 16.5. The number of ether oxygens (including phenoxy) is 2. The Balaban J connectivity index is 1.46. The third-order valence-corrected chi connectivity index (χ3v) is 3.90. The van der Waals surface area contributed by atoms with Crippen LogP contribution in [0.1, 0.15) is 12.8 Å². The van der Waals surface area contributed by atoms with Gasteiger partial charge in [-0.05, 0) is 12.8 Å². The van der Waals surface area contributed by atoms with Crippen molar-refractivity contribution in [3.63, 3.8) is 0 Å². The summed E-state index contributed by atoms with van der Waals surface area (Å²) in [4.78, 5) is 2.58. The Morgan fingerprint density at radius 2 is 2.00 bits per heavy atom. The van der Waals surface area contributed by atoms with E-state index < -0.39 is 0 Å². The Bertz CT molecular complexity index is 225. The monoisotopic (exact) mass is 197 g/mol. The third-order valence-electron chi connectivity index (χ3n) is 3.90. The first-order chi connectivity index (χ1) is 6.76. The minimum atomic E-state index is 0.529. The standard InChI is InChI=1S/C11H19NO2/c1-13-7-10(2-3-10)4-12-5-11(6-12)8-14-9-11/h2-9H2,1H3. The summed E-state index contributed by atoms with van der Waals surface area (Å²) in [5, 5.41) is 0. The first-order valence-corrected chi connectivity index (χ1v) is 5.55. The maximum atomic E-state index is 5.28. The largest absolute Gasteiger partial charge is 0.384 e. The molecule has 2 saturated heterocycles. The van der Waals surface area contributed by atoms with Gasteiger partial charge in [-0.3, -0.25) is 0 Å². The van der Waals surface area contributed by atoms with Crippen molar-refractivity contribution in [1.29, 1.82) is 0 Å². The van der Waals surface area contributed by atoms with Crippen LogP contribution in [-0.2, 0) is 9.47 Å². The predicted molar refractivity (Wildman–Crippen MR) is 53.2 cm³/mol. The Morgan fingerprint density at radius 3 is 2.43 bits per heavy atom. The topological polar surface area (TPSA) is 21.7 Å². The van der Waals surface area contributed by atoms with Crippen molar-refractivity contribution in [2.45, 2.75) is 12.8 Å². The molecule has 0 atom stereocenters. The summed E-state index contributed by atoms with van der Waals surface area (Å²) in [7, 11) is 1.82. The highest BCUT2D eigenvalue weighted by molar-refractivity contribution is 5.04. The molecule has 1 spiro atoms. The average Bonchev–Trinajstić information content (AvgIpc) is 2.74. The fourth-order valence-corrected chi connectivity index (χ4v) is 2.89. The van der Waals surface area contributed by atoms with Gasteiger partial charge in [-0.25, -0.2) is 0 Å². The van der Waals surface area contributed by atoms with Crippen LogP contribution in [0, 0.1) is 10.8 Å². The smallest absolute Gasteiger partial charge is 0.0569 e. The molecule has 3 fully saturated rings. The van der Waals surface area contributed by atoms with Crippen LogP contribution in [0.15, 0.2) is 0 Å². The van der Waals surface area contributed by atoms with Crippen LogP contribution in [0.5, 0.6) is 0 Å². The van der Waals surface area contributed by atoms with Crippen LogP contribution < -0.4 is 0 Å². The minimum absolute atomic E-state index is 0.529. The zero-order valence-electron chi connectivity index (χ0n) is 8.92. The minimum Gasteiger partial charge on any atom is -0.384 e. The lowest BCUT2D eigenvalue weighted by Crippen LogP contribution is -2.66. The second-order valence-electron chi connectivity index (χ2n) is 5.57. The quantitative estimate of drug-likeness (QED) is 0.663. The molecule has 0 aromatic heterocycles. The number of hydrogen-bond donors (Lipinski definition) is 0. The molecule has 0 aromatic rings. The van der Waals surface area contributed by atoms with Gasteiger partial charge in [0.05, 0.1) is 19.8 Å². The molecule has 1 aliphatic carbocycles. The zero-order chi connectivity index (χ0) is 9.65. The van der Waals surface area contributed by atoms with Gasteiger partial charge in [-0.1, -0.05) is 0 Å². The molecule has 3 rings (SSSR count). The van der Waals surface area contributed by atoms with Crippen molar-refractivity contribution in [3.05, 3.63) is 0 Å². The van der Waals surface area contributed by atoms with Crippen molar-refractivity contribution < 1.29 is 9.47 Å². The van der Waals surface area contributed by atoms with E-state index in [1.54, 1.807) is 0 Å². The van der Waals surface area contributed by atoms with Gasteiger partial charge in [0.2, 0.25) is 0 Å². The lowest BCUT2D eigenvalue weighted by molar-refractivity contribution is -0.192. The second kappa shape index (κ2) is 2.94. The summed E-state index contributed by atoms with van der Waals surface area (Å²) in [6.07, 6.45) is 2.72. The van der Waals surface area contributed by atoms with Gasteiger partial charge < -0.3 is 14.4 Å². The number of methoxy groups -OCH3 is 1. The maximum absolute atomic E-state index is 5.28. The Hall–Kier alpha value is -0.120. The molecule has 14 heavy (non-hydrogen) atoms. The van der Waals surface area contributed by atoms with Crippen LogP contribution in [-0.4, -0.2) is 51.5 Å². The highest BCUT2D eigenvalue weighted by Crippen LogP contribution is 2.49. The Labute approximate surface area is 85.4 Å². The molecular formula is C11H19NO2. The zero-order valence-corrected chi connectivity index (χ0v) is 8.92. The number of rotatable bonds is 4. The van der Waals surface area contributed by atoms with Gasteiger partial charge in [-0.2, -0.15) is 0 Å². The first-order valence-electron chi connectivity index (χ1n) is 5.55. The lowest BCUT2D eigenvalue weighted by atomic mass is 9.77. The van der Waals surface area contributed by atoms with Crippen molar-refractivity contribution in [3.8, 4) is 0 Å². The van der Waals surface area contributed by atoms with E-state index in [-0.39, 0.29) is 0 Å². The van der Waals surface area contributed by atoms with Gasteiger partial charge in [-0.15, -0.1) is 0 Å². The fraction of sp³-hybridized carbons (Fsp3) is 1.00. The van der Waals surface area contributed by atoms with Gasteiger partial charge in [0.15, 0.2) is 0 Å². The van der Waals surface area contributed by atoms with Crippen LogP contribution in [0.4, 0.5) is 0 Å². The van der Waals surface area contributed by atoms with E-state index in [9.17, 15) is 0 Å². The molecule has 0 radical (unpaired) electrons. The summed E-state index contributed by atoms with van der Waals surface area (Å²) in [6.45, 7) is 6.73. The van der Waals surface area contributed by atoms with Gasteiger partial charge in [0.1, 0.15) is 0 Å². The highest BCUT2D eigenvalue weighted by Gasteiger charge is 2.53. The van der Waals surface area contributed by atoms with E-state index in [0.29, 0.717) is 10.8 Å². The second-order valence-corrected chi connectivity index (χ2v) is 5.57. The maximum Gasteiger partial charge on any atom is 0.0569 e. The summed E-state index contributed by atoms with van der Waals surface area (Å²) in [6, 6.07) is 0. The lowest BCUT2D eigenvalue weighted by Gasteiger charge is -2.56. The summed E-state index contributed by atoms with van der Waals surface area (Å²) >= 11 is 0. The van der Waals surface area contributed by atoms with E-state index in [1.165, 1.54) is 32.5 Å². The van der Waals surface area contributed by atoms with Crippen molar-refractivity contribution in [1.82, 2.24) is 4.90 Å². The first kappa shape index (κ1) is 9.13. The number of likely N-dealkylation sites (tertiary alicyclic amines) is 1. The molecular weight excluding hydrogens is 178 g/mol. The van der Waals surface area contributed by atoms with Crippen LogP contribution in [0.3, 0.4) is 0 Å². The molecule has 0 amide bonds. The normalized spacial score (nSPS) is 32.4. The van der Waals surface area contributed by atoms with Crippen LogP contribution in [0.2, 0.25) is 0 Å². The fourth-order valence-electron chi connectivity index (χ4n) is 2.89. The van der Waals surface area contributed by atoms with Crippen LogP contribution >= 0.6 is 0 Å². The van der Waals surface area contributed by atoms with Crippen molar-refractivity contribution in [2.75, 3.05) is 46.6 Å². The molecule has 3 nitrogen and oxygen atoms in total. The van der Waals surface area contributed by atoms with E-state index in [1.807, 2.05) is 7.11 Å². The molecule has 80 valence electrons. The van der Waals surface area contributed by atoms with Gasteiger partial charge >= 0.3 is 0 Å². The van der Waals surface area contributed by atoms with Gasteiger partial charge in [0, 0.05) is 37.6 Å². The summed E-state index contributed by atoms with van der Waals surface area (Å²) in [5.74, 6) is 0. The van der Waals surface area contributed by atoms with Crippen molar-refractivity contribution >= 4 is 0 Å². The molecule has 0 bridgehead atoms. The van der Waals surface area contributed by atoms with E-state index in [4.69, 9.17) is 9.47 Å². The molecule has 0 aromatic carbocycles. The molecule has 3 heteroatoms. The van der Waals surface area contributed by atoms with Crippen molar-refractivity contribution in [2.24, 2.45) is 10.8 Å². The molecule has 2 aliphatic heterocycles. The molecule has 2 heterocycles. The van der Waals surface area contributed by atoms with Gasteiger partial charge in [0.25, 0.3) is 0 Å². The Morgan fingerprint density at radius 1 is 1.29 bits per heavy atom. The van der Waals surface area contributed by atoms with E-state index >= 15 is 0 Å². The predicted octanol–water partition coefficient (Wildman–Crippen LogP) is 0.745. The number of nitrogens with zero attached hydrogens (tertiary/aromatic N) is 1. The molecule has 1 saturated carbocycles. The molecule has 3 aliphatic rings.